The van der Waals surface area contributed by atoms with Crippen molar-refractivity contribution in [1.82, 2.24) is 20.9 Å². The number of hydrogen-bond acceptors (Lipinski definition) is 8. The summed E-state index contributed by atoms with van der Waals surface area (Å²) in [7, 11) is -1.53. The van der Waals surface area contributed by atoms with E-state index in [-0.39, 0.29) is 24.3 Å². The highest BCUT2D eigenvalue weighted by Crippen LogP contribution is 2.52. The molecule has 0 unspecified atom stereocenters. The van der Waals surface area contributed by atoms with Crippen molar-refractivity contribution < 1.29 is 37.8 Å². The highest BCUT2D eigenvalue weighted by Gasteiger charge is 2.41. The number of aliphatic hydroxyl groups is 1. The molecule has 2 fully saturated rings. The molecule has 0 spiro atoms. The Morgan fingerprint density at radius 2 is 1.57 bits per heavy atom. The fraction of sp³-hybridized carbons (Fsp3) is 0.710. The van der Waals surface area contributed by atoms with Crippen LogP contribution in [0.5, 0.6) is 0 Å². The van der Waals surface area contributed by atoms with Gasteiger partial charge in [0.1, 0.15) is 12.1 Å². The van der Waals surface area contributed by atoms with Crippen molar-refractivity contribution in [2.24, 2.45) is 11.8 Å². The van der Waals surface area contributed by atoms with Gasteiger partial charge in [-0.1, -0.05) is 76.3 Å². The first kappa shape index (κ1) is 36.0. The number of aliphatic hydroxyl groups excluding tert-OH is 1. The molecule has 44 heavy (non-hydrogen) atoms. The third kappa shape index (κ3) is 10.8. The molecule has 4 amide bonds. The summed E-state index contributed by atoms with van der Waals surface area (Å²) in [6.07, 6.45) is 6.08. The zero-order chi connectivity index (χ0) is 32.1. The molecule has 248 valence electrons. The maximum absolute atomic E-state index is 13.8. The molecule has 1 aromatic rings. The molecule has 2 aliphatic rings. The number of carbonyl (C=O) groups excluding carboxylic acids is 3. The Kier molecular flexibility index (Phi) is 14.6. The molecule has 1 saturated heterocycles. The SMILES string of the molecule is COP(=O)(OC)[C@H](O)[C@H](CC1CCCCC1)NC(=O)[C@H](CC(C)C)NC(=O)[C@H](Cc1ccccc1)NC(=O)N1CCOCC1. The lowest BCUT2D eigenvalue weighted by Crippen LogP contribution is -2.58. The van der Waals surface area contributed by atoms with Crippen molar-refractivity contribution in [3.05, 3.63) is 35.9 Å². The lowest BCUT2D eigenvalue weighted by atomic mass is 9.85. The summed E-state index contributed by atoms with van der Waals surface area (Å²) in [5, 5.41) is 19.8. The van der Waals surface area contributed by atoms with Crippen molar-refractivity contribution in [3.63, 3.8) is 0 Å². The molecule has 0 bridgehead atoms. The van der Waals surface area contributed by atoms with Crippen LogP contribution in [0.15, 0.2) is 30.3 Å². The summed E-state index contributed by atoms with van der Waals surface area (Å²) in [4.78, 5) is 42.3. The van der Waals surface area contributed by atoms with Crippen LogP contribution in [0.2, 0.25) is 0 Å². The Hall–Kier alpha value is -2.50. The van der Waals surface area contributed by atoms with Gasteiger partial charge >= 0.3 is 13.6 Å². The van der Waals surface area contributed by atoms with E-state index in [9.17, 15) is 24.1 Å². The van der Waals surface area contributed by atoms with Crippen molar-refractivity contribution in [1.29, 1.82) is 0 Å². The second kappa shape index (κ2) is 17.8. The minimum Gasteiger partial charge on any atom is -0.379 e. The van der Waals surface area contributed by atoms with Crippen LogP contribution in [0.25, 0.3) is 0 Å². The quantitative estimate of drug-likeness (QED) is 0.213. The first-order valence-corrected chi connectivity index (χ1v) is 17.3. The number of ether oxygens (including phenoxy) is 1. The predicted molar refractivity (Wildman–Crippen MR) is 167 cm³/mol. The van der Waals surface area contributed by atoms with E-state index in [1.807, 2.05) is 44.2 Å². The van der Waals surface area contributed by atoms with Crippen molar-refractivity contribution in [2.75, 3.05) is 40.5 Å². The zero-order valence-corrected chi connectivity index (χ0v) is 27.4. The van der Waals surface area contributed by atoms with Crippen LogP contribution in [0.4, 0.5) is 4.79 Å². The van der Waals surface area contributed by atoms with Gasteiger partial charge in [-0.3, -0.25) is 14.2 Å². The fourth-order valence-electron chi connectivity index (χ4n) is 5.87. The number of rotatable bonds is 15. The number of morpholine rings is 1. The number of hydrogen-bond donors (Lipinski definition) is 4. The van der Waals surface area contributed by atoms with E-state index in [1.165, 1.54) is 14.2 Å². The van der Waals surface area contributed by atoms with E-state index in [0.29, 0.717) is 39.1 Å². The Morgan fingerprint density at radius 3 is 2.16 bits per heavy atom. The van der Waals surface area contributed by atoms with Crippen LogP contribution in [-0.4, -0.2) is 92.3 Å². The largest absolute Gasteiger partial charge is 0.379 e. The molecular formula is C31H51N4O8P. The second-order valence-electron chi connectivity index (χ2n) is 12.2. The van der Waals surface area contributed by atoms with Gasteiger partial charge in [-0.05, 0) is 30.2 Å². The van der Waals surface area contributed by atoms with E-state index in [1.54, 1.807) is 4.90 Å². The van der Waals surface area contributed by atoms with Gasteiger partial charge in [0.15, 0.2) is 5.85 Å². The molecule has 4 N–H and O–H groups in total. The molecule has 1 aliphatic carbocycles. The summed E-state index contributed by atoms with van der Waals surface area (Å²) in [5.41, 5.74) is 0.852. The summed E-state index contributed by atoms with van der Waals surface area (Å²) in [6, 6.07) is 6.15. The van der Waals surface area contributed by atoms with Gasteiger partial charge in [0, 0.05) is 33.7 Å². The fourth-order valence-corrected chi connectivity index (χ4v) is 7.09. The zero-order valence-electron chi connectivity index (χ0n) is 26.5. The van der Waals surface area contributed by atoms with E-state index in [4.69, 9.17) is 13.8 Å². The van der Waals surface area contributed by atoms with Crippen LogP contribution in [0, 0.1) is 11.8 Å². The minimum absolute atomic E-state index is 0.0346. The lowest BCUT2D eigenvalue weighted by Gasteiger charge is -2.33. The molecule has 13 heteroatoms. The Labute approximate surface area is 261 Å². The van der Waals surface area contributed by atoms with Crippen LogP contribution < -0.4 is 16.0 Å². The smallest absolute Gasteiger partial charge is 0.360 e. The molecule has 0 aromatic heterocycles. The van der Waals surface area contributed by atoms with Crippen LogP contribution in [0.1, 0.15) is 64.4 Å². The van der Waals surface area contributed by atoms with Gasteiger partial charge in [-0.2, -0.15) is 0 Å². The van der Waals surface area contributed by atoms with E-state index in [0.717, 1.165) is 37.7 Å². The van der Waals surface area contributed by atoms with Gasteiger partial charge in [0.05, 0.1) is 19.3 Å². The van der Waals surface area contributed by atoms with Gasteiger partial charge in [0.2, 0.25) is 11.8 Å². The summed E-state index contributed by atoms with van der Waals surface area (Å²) in [5.74, 6) is -2.33. The minimum atomic E-state index is -3.93. The van der Waals surface area contributed by atoms with E-state index < -0.39 is 43.4 Å². The number of urea groups is 1. The van der Waals surface area contributed by atoms with Gasteiger partial charge < -0.3 is 39.7 Å². The highest BCUT2D eigenvalue weighted by molar-refractivity contribution is 7.54. The molecule has 12 nitrogen and oxygen atoms in total. The second-order valence-corrected chi connectivity index (χ2v) is 14.5. The maximum Gasteiger partial charge on any atom is 0.360 e. The Bertz CT molecular complexity index is 1090. The number of nitrogens with one attached hydrogen (secondary N) is 3. The highest BCUT2D eigenvalue weighted by atomic mass is 31.2. The molecule has 1 aliphatic heterocycles. The summed E-state index contributed by atoms with van der Waals surface area (Å²) in [6.45, 7) is 5.56. The van der Waals surface area contributed by atoms with Crippen LogP contribution in [0.3, 0.4) is 0 Å². The third-order valence-electron chi connectivity index (χ3n) is 8.37. The average molecular weight is 639 g/mol. The first-order valence-electron chi connectivity index (χ1n) is 15.7. The topological polar surface area (TPSA) is 156 Å². The van der Waals surface area contributed by atoms with E-state index >= 15 is 0 Å². The molecule has 4 atom stereocenters. The van der Waals surface area contributed by atoms with Crippen LogP contribution in [-0.2, 0) is 34.4 Å². The first-order chi connectivity index (χ1) is 21.1. The van der Waals surface area contributed by atoms with Crippen molar-refractivity contribution in [2.45, 2.75) is 89.2 Å². The summed E-state index contributed by atoms with van der Waals surface area (Å²) >= 11 is 0. The molecule has 1 aromatic carbocycles. The van der Waals surface area contributed by atoms with Gasteiger partial charge in [0.25, 0.3) is 0 Å². The van der Waals surface area contributed by atoms with Gasteiger partial charge in [-0.15, -0.1) is 0 Å². The monoisotopic (exact) mass is 638 g/mol. The van der Waals surface area contributed by atoms with Crippen molar-refractivity contribution in [3.8, 4) is 0 Å². The molecule has 1 heterocycles. The molecule has 0 radical (unpaired) electrons. The van der Waals surface area contributed by atoms with Crippen LogP contribution >= 0.6 is 7.60 Å². The normalized spacial score (nSPS) is 19.1. The standard InChI is InChI=1S/C31H51N4O8P/c1-22(2)19-25(28(36)33-27(21-24-13-9-6-10-14-24)30(38)44(40,41-3)42-4)32-29(37)26(20-23-11-7-5-8-12-23)34-31(39)35-15-17-43-18-16-35/h5,7-8,11-12,22,24-27,30,38H,6,9-10,13-21H2,1-4H3,(H,32,37)(H,33,36)(H,34,39)/t25-,26-,27-,30-/m0/s1. The molecule has 1 saturated carbocycles. The lowest BCUT2D eigenvalue weighted by molar-refractivity contribution is -0.131. The van der Waals surface area contributed by atoms with Crippen molar-refractivity contribution >= 4 is 25.4 Å². The molecular weight excluding hydrogens is 587 g/mol. The summed E-state index contributed by atoms with van der Waals surface area (Å²) < 4.78 is 28.7. The third-order valence-corrected chi connectivity index (χ3v) is 10.4. The predicted octanol–water partition coefficient (Wildman–Crippen LogP) is 3.43. The Morgan fingerprint density at radius 1 is 0.955 bits per heavy atom. The number of benzene rings is 1. The van der Waals surface area contributed by atoms with Gasteiger partial charge in [-0.25, -0.2) is 4.79 Å². The average Bonchev–Trinajstić information content (AvgIpc) is 3.04. The number of amides is 4. The maximum atomic E-state index is 13.8. The molecule has 3 rings (SSSR count). The number of carbonyl (C=O) groups is 3. The Balaban J connectivity index is 1.80. The van der Waals surface area contributed by atoms with E-state index in [2.05, 4.69) is 16.0 Å². The number of nitrogens with zero attached hydrogens (tertiary/aromatic N) is 1.